The van der Waals surface area contributed by atoms with Crippen LogP contribution in [0.2, 0.25) is 0 Å². The van der Waals surface area contributed by atoms with E-state index in [2.05, 4.69) is 46.8 Å². The first kappa shape index (κ1) is 18.8. The fourth-order valence-electron chi connectivity index (χ4n) is 2.92. The molecule has 142 valence electrons. The lowest BCUT2D eigenvalue weighted by Crippen LogP contribution is -2.41. The maximum atomic E-state index is 5.41. The molecule has 2 aromatic carbocycles. The van der Waals surface area contributed by atoms with Crippen molar-refractivity contribution in [3.8, 4) is 17.2 Å². The summed E-state index contributed by atoms with van der Waals surface area (Å²) >= 11 is 0. The van der Waals surface area contributed by atoms with Gasteiger partial charge in [-0.05, 0) is 41.5 Å². The van der Waals surface area contributed by atoms with Crippen LogP contribution in [0.4, 0.5) is 0 Å². The molecule has 27 heavy (non-hydrogen) atoms. The first-order valence-corrected chi connectivity index (χ1v) is 8.91. The van der Waals surface area contributed by atoms with Crippen LogP contribution in [-0.2, 0) is 12.1 Å². The summed E-state index contributed by atoms with van der Waals surface area (Å²) < 4.78 is 12.5. The van der Waals surface area contributed by atoms with Gasteiger partial charge in [-0.1, -0.05) is 37.3 Å². The molecule has 0 saturated heterocycles. The number of ether oxygens (including phenoxy) is 2. The minimum atomic E-state index is -0.396. The van der Waals surface area contributed by atoms with Crippen LogP contribution in [0.25, 0.3) is 5.69 Å². The summed E-state index contributed by atoms with van der Waals surface area (Å²) in [5, 5.41) is 16.0. The van der Waals surface area contributed by atoms with Crippen LogP contribution in [-0.4, -0.2) is 34.4 Å². The molecule has 0 radical (unpaired) electrons. The van der Waals surface area contributed by atoms with E-state index < -0.39 is 5.54 Å². The Kier molecular flexibility index (Phi) is 5.71. The largest absolute Gasteiger partial charge is 0.493 e. The van der Waals surface area contributed by atoms with Crippen molar-refractivity contribution in [2.75, 3.05) is 14.2 Å². The average Bonchev–Trinajstić information content (AvgIpc) is 3.23. The number of nitrogens with one attached hydrogen (secondary N) is 1. The monoisotopic (exact) mass is 367 g/mol. The first-order chi connectivity index (χ1) is 13.1. The maximum absolute atomic E-state index is 5.41. The van der Waals surface area contributed by atoms with E-state index in [4.69, 9.17) is 9.47 Å². The zero-order valence-electron chi connectivity index (χ0n) is 16.1. The lowest BCUT2D eigenvalue weighted by Gasteiger charge is -2.28. The van der Waals surface area contributed by atoms with Crippen molar-refractivity contribution >= 4 is 0 Å². The van der Waals surface area contributed by atoms with Gasteiger partial charge in [0.25, 0.3) is 0 Å². The van der Waals surface area contributed by atoms with Gasteiger partial charge in [0.15, 0.2) is 17.3 Å². The molecular formula is C20H25N5O2. The summed E-state index contributed by atoms with van der Waals surface area (Å²) in [5.74, 6) is 2.04. The highest BCUT2D eigenvalue weighted by molar-refractivity contribution is 5.48. The molecule has 1 N–H and O–H groups in total. The zero-order valence-corrected chi connectivity index (χ0v) is 16.1. The van der Waals surface area contributed by atoms with E-state index in [0.717, 1.165) is 24.5 Å². The highest BCUT2D eigenvalue weighted by Crippen LogP contribution is 2.31. The molecule has 0 aliphatic rings. The highest BCUT2D eigenvalue weighted by atomic mass is 16.5. The Labute approximate surface area is 159 Å². The number of hydrogen-bond acceptors (Lipinski definition) is 6. The summed E-state index contributed by atoms with van der Waals surface area (Å²) in [6.07, 6.45) is 0.827. The molecule has 3 aromatic rings. The molecule has 3 rings (SSSR count). The summed E-state index contributed by atoms with van der Waals surface area (Å²) in [5.41, 5.74) is 1.63. The normalized spacial score (nSPS) is 13.2. The van der Waals surface area contributed by atoms with E-state index in [9.17, 15) is 0 Å². The van der Waals surface area contributed by atoms with Crippen molar-refractivity contribution in [3.05, 3.63) is 59.9 Å². The second-order valence-electron chi connectivity index (χ2n) is 6.48. The van der Waals surface area contributed by atoms with Crippen molar-refractivity contribution in [2.24, 2.45) is 0 Å². The van der Waals surface area contributed by atoms with Gasteiger partial charge in [-0.25, -0.2) is 0 Å². The minimum Gasteiger partial charge on any atom is -0.493 e. The topological polar surface area (TPSA) is 74.1 Å². The maximum Gasteiger partial charge on any atom is 0.176 e. The van der Waals surface area contributed by atoms with Crippen molar-refractivity contribution in [2.45, 2.75) is 32.4 Å². The predicted molar refractivity (Wildman–Crippen MR) is 103 cm³/mol. The molecule has 0 saturated carbocycles. The van der Waals surface area contributed by atoms with Gasteiger partial charge < -0.3 is 14.8 Å². The van der Waals surface area contributed by atoms with Crippen LogP contribution in [0.3, 0.4) is 0 Å². The van der Waals surface area contributed by atoms with Crippen molar-refractivity contribution in [1.29, 1.82) is 0 Å². The van der Waals surface area contributed by atoms with E-state index in [1.165, 1.54) is 5.56 Å². The van der Waals surface area contributed by atoms with Gasteiger partial charge in [-0.2, -0.15) is 4.68 Å². The Morgan fingerprint density at radius 2 is 1.78 bits per heavy atom. The summed E-state index contributed by atoms with van der Waals surface area (Å²) in [7, 11) is 3.22. The second kappa shape index (κ2) is 8.18. The average molecular weight is 367 g/mol. The highest BCUT2D eigenvalue weighted by Gasteiger charge is 2.31. The Morgan fingerprint density at radius 3 is 2.44 bits per heavy atom. The first-order valence-electron chi connectivity index (χ1n) is 8.91. The van der Waals surface area contributed by atoms with Crippen LogP contribution >= 0.6 is 0 Å². The third-order valence-electron chi connectivity index (χ3n) is 4.81. The third-order valence-corrected chi connectivity index (χ3v) is 4.81. The molecule has 0 fully saturated rings. The van der Waals surface area contributed by atoms with Gasteiger partial charge >= 0.3 is 0 Å². The van der Waals surface area contributed by atoms with E-state index >= 15 is 0 Å². The smallest absolute Gasteiger partial charge is 0.176 e. The molecule has 0 amide bonds. The quantitative estimate of drug-likeness (QED) is 0.659. The van der Waals surface area contributed by atoms with Gasteiger partial charge in [-0.3, -0.25) is 0 Å². The Bertz CT molecular complexity index is 881. The van der Waals surface area contributed by atoms with Crippen molar-refractivity contribution in [1.82, 2.24) is 25.5 Å². The third kappa shape index (κ3) is 3.93. The number of hydrogen-bond donors (Lipinski definition) is 1. The second-order valence-corrected chi connectivity index (χ2v) is 6.48. The fourth-order valence-corrected chi connectivity index (χ4v) is 2.92. The molecule has 7 heteroatoms. The van der Waals surface area contributed by atoms with Gasteiger partial charge in [-0.15, -0.1) is 5.10 Å². The molecule has 0 bridgehead atoms. The molecule has 1 heterocycles. The lowest BCUT2D eigenvalue weighted by atomic mass is 9.97. The number of benzene rings is 2. The number of tetrazole rings is 1. The van der Waals surface area contributed by atoms with Gasteiger partial charge in [0, 0.05) is 12.6 Å². The van der Waals surface area contributed by atoms with Crippen LogP contribution in [0.1, 0.15) is 31.7 Å². The van der Waals surface area contributed by atoms with Crippen LogP contribution in [0.5, 0.6) is 11.5 Å². The predicted octanol–water partition coefficient (Wildman–Crippen LogP) is 3.09. The number of aromatic nitrogens is 4. The molecular weight excluding hydrogens is 342 g/mol. The van der Waals surface area contributed by atoms with Crippen LogP contribution in [0, 0.1) is 0 Å². The van der Waals surface area contributed by atoms with E-state index in [0.29, 0.717) is 11.5 Å². The molecule has 1 atom stereocenters. The zero-order chi connectivity index (χ0) is 19.3. The molecule has 1 aromatic heterocycles. The molecule has 0 aliphatic heterocycles. The standard InChI is InChI=1S/C20H25N5O2/c1-5-20(2,21-14-15-9-7-6-8-10-15)19-22-23-24-25(19)16-11-12-17(26-3)18(13-16)27-4/h6-13,21H,5,14H2,1-4H3. The lowest BCUT2D eigenvalue weighted by molar-refractivity contribution is 0.323. The van der Waals surface area contributed by atoms with E-state index in [1.54, 1.807) is 18.9 Å². The number of nitrogens with zero attached hydrogens (tertiary/aromatic N) is 4. The van der Waals surface area contributed by atoms with Crippen molar-refractivity contribution in [3.63, 3.8) is 0 Å². The van der Waals surface area contributed by atoms with Crippen molar-refractivity contribution < 1.29 is 9.47 Å². The minimum absolute atomic E-state index is 0.396. The Hall–Kier alpha value is -2.93. The number of rotatable bonds is 8. The fraction of sp³-hybridized carbons (Fsp3) is 0.350. The van der Waals surface area contributed by atoms with Gasteiger partial charge in [0.2, 0.25) is 0 Å². The van der Waals surface area contributed by atoms with Gasteiger partial charge in [0.1, 0.15) is 0 Å². The van der Waals surface area contributed by atoms with Crippen LogP contribution in [0.15, 0.2) is 48.5 Å². The summed E-state index contributed by atoms with van der Waals surface area (Å²) in [6, 6.07) is 15.9. The SMILES string of the molecule is CCC(C)(NCc1ccccc1)c1nnnn1-c1ccc(OC)c(OC)c1. The summed E-state index contributed by atoms with van der Waals surface area (Å²) in [4.78, 5) is 0. The van der Waals surface area contributed by atoms with Crippen LogP contribution < -0.4 is 14.8 Å². The molecule has 0 spiro atoms. The molecule has 7 nitrogen and oxygen atoms in total. The number of methoxy groups -OCH3 is 2. The Balaban J connectivity index is 1.92. The molecule has 1 unspecified atom stereocenters. The molecule has 0 aliphatic carbocycles. The Morgan fingerprint density at radius 1 is 1.04 bits per heavy atom. The van der Waals surface area contributed by atoms with Gasteiger partial charge in [0.05, 0.1) is 25.4 Å². The van der Waals surface area contributed by atoms with E-state index in [1.807, 2.05) is 36.4 Å². The summed E-state index contributed by atoms with van der Waals surface area (Å²) in [6.45, 7) is 4.95. The van der Waals surface area contributed by atoms with E-state index in [-0.39, 0.29) is 0 Å².